The lowest BCUT2D eigenvalue weighted by molar-refractivity contribution is 0.0512. The summed E-state index contributed by atoms with van der Waals surface area (Å²) in [5.74, 6) is 0.218. The summed E-state index contributed by atoms with van der Waals surface area (Å²) >= 11 is 0. The predicted molar refractivity (Wildman–Crippen MR) is 120 cm³/mol. The number of carbonyl (C=O) groups is 2. The van der Waals surface area contributed by atoms with E-state index in [1.165, 1.54) is 0 Å². The van der Waals surface area contributed by atoms with Gasteiger partial charge in [0, 0.05) is 16.5 Å². The van der Waals surface area contributed by atoms with Crippen LogP contribution >= 0.6 is 0 Å². The van der Waals surface area contributed by atoms with Crippen LogP contribution in [0.15, 0.2) is 78.9 Å². The number of para-hydroxylation sites is 2. The standard InChI is InChI=1S/C26H23NO4/c1-2-30-26(29)25-22(17-28)21-13-7-8-14-23(21)27(25)16-20-12-6-9-15-24(20)31-18-19-10-4-3-5-11-19/h3-15,17H,2,16,18H2,1H3. The van der Waals surface area contributed by atoms with Gasteiger partial charge in [-0.15, -0.1) is 0 Å². The van der Waals surface area contributed by atoms with Crippen molar-refractivity contribution in [2.45, 2.75) is 20.1 Å². The van der Waals surface area contributed by atoms with Crippen LogP contribution < -0.4 is 4.74 Å². The number of esters is 1. The second-order valence-corrected chi connectivity index (χ2v) is 7.09. The van der Waals surface area contributed by atoms with Gasteiger partial charge >= 0.3 is 5.97 Å². The van der Waals surface area contributed by atoms with Crippen molar-refractivity contribution in [3.8, 4) is 5.75 Å². The van der Waals surface area contributed by atoms with E-state index < -0.39 is 5.97 Å². The Kier molecular flexibility index (Phi) is 6.13. The molecule has 5 nitrogen and oxygen atoms in total. The highest BCUT2D eigenvalue weighted by atomic mass is 16.5. The molecule has 0 aliphatic heterocycles. The van der Waals surface area contributed by atoms with Crippen molar-refractivity contribution in [2.75, 3.05) is 6.61 Å². The summed E-state index contributed by atoms with van der Waals surface area (Å²) in [6, 6.07) is 25.2. The minimum atomic E-state index is -0.511. The van der Waals surface area contributed by atoms with Gasteiger partial charge in [-0.05, 0) is 24.6 Å². The van der Waals surface area contributed by atoms with E-state index in [-0.39, 0.29) is 12.3 Å². The average molecular weight is 413 g/mol. The molecule has 31 heavy (non-hydrogen) atoms. The summed E-state index contributed by atoms with van der Waals surface area (Å²) in [4.78, 5) is 24.7. The molecule has 0 N–H and O–H groups in total. The average Bonchev–Trinajstić information content (AvgIpc) is 3.13. The molecule has 0 amide bonds. The number of fused-ring (bicyclic) bond motifs is 1. The SMILES string of the molecule is CCOC(=O)c1c(C=O)c2ccccc2n1Cc1ccccc1OCc1ccccc1. The molecule has 0 saturated heterocycles. The summed E-state index contributed by atoms with van der Waals surface area (Å²) in [5, 5.41) is 0.725. The van der Waals surface area contributed by atoms with Crippen molar-refractivity contribution in [1.29, 1.82) is 0 Å². The molecule has 1 heterocycles. The van der Waals surface area contributed by atoms with Crippen LogP contribution in [0, 0.1) is 0 Å². The van der Waals surface area contributed by atoms with Crippen LogP contribution in [0.3, 0.4) is 0 Å². The lowest BCUT2D eigenvalue weighted by Gasteiger charge is -2.15. The highest BCUT2D eigenvalue weighted by Gasteiger charge is 2.24. The molecule has 1 aromatic heterocycles. The van der Waals surface area contributed by atoms with Gasteiger partial charge in [0.15, 0.2) is 6.29 Å². The summed E-state index contributed by atoms with van der Waals surface area (Å²) in [5.41, 5.74) is 3.37. The fourth-order valence-electron chi connectivity index (χ4n) is 3.71. The Morgan fingerprint density at radius 1 is 0.935 bits per heavy atom. The lowest BCUT2D eigenvalue weighted by atomic mass is 10.1. The number of rotatable bonds is 8. The number of hydrogen-bond acceptors (Lipinski definition) is 4. The van der Waals surface area contributed by atoms with Gasteiger partial charge in [-0.1, -0.05) is 66.7 Å². The number of hydrogen-bond donors (Lipinski definition) is 0. The number of aromatic nitrogens is 1. The molecule has 4 rings (SSSR count). The maximum absolute atomic E-state index is 12.8. The Morgan fingerprint density at radius 3 is 2.42 bits per heavy atom. The van der Waals surface area contributed by atoms with E-state index in [1.807, 2.05) is 83.4 Å². The molecular formula is C26H23NO4. The molecule has 0 atom stereocenters. The third kappa shape index (κ3) is 4.21. The maximum Gasteiger partial charge on any atom is 0.355 e. The van der Waals surface area contributed by atoms with E-state index in [0.29, 0.717) is 18.7 Å². The summed E-state index contributed by atoms with van der Waals surface area (Å²) in [6.45, 7) is 2.79. The molecular weight excluding hydrogens is 390 g/mol. The molecule has 0 unspecified atom stereocenters. The van der Waals surface area contributed by atoms with Crippen molar-refractivity contribution in [3.63, 3.8) is 0 Å². The van der Waals surface area contributed by atoms with Gasteiger partial charge in [-0.2, -0.15) is 0 Å². The highest BCUT2D eigenvalue weighted by molar-refractivity contribution is 6.08. The molecule has 0 saturated carbocycles. The van der Waals surface area contributed by atoms with E-state index >= 15 is 0 Å². The second-order valence-electron chi connectivity index (χ2n) is 7.09. The van der Waals surface area contributed by atoms with Crippen LogP contribution in [0.2, 0.25) is 0 Å². The Labute approximate surface area is 180 Å². The van der Waals surface area contributed by atoms with Crippen LogP contribution in [0.4, 0.5) is 0 Å². The zero-order valence-electron chi connectivity index (χ0n) is 17.3. The minimum absolute atomic E-state index is 0.232. The zero-order valence-corrected chi connectivity index (χ0v) is 17.3. The third-order valence-electron chi connectivity index (χ3n) is 5.13. The Balaban J connectivity index is 1.74. The van der Waals surface area contributed by atoms with Crippen LogP contribution in [0.25, 0.3) is 10.9 Å². The van der Waals surface area contributed by atoms with Gasteiger partial charge in [0.25, 0.3) is 0 Å². The quantitative estimate of drug-likeness (QED) is 0.292. The zero-order chi connectivity index (χ0) is 21.6. The van der Waals surface area contributed by atoms with E-state index in [4.69, 9.17) is 9.47 Å². The molecule has 0 aliphatic carbocycles. The fraction of sp³-hybridized carbons (Fsp3) is 0.154. The van der Waals surface area contributed by atoms with Gasteiger partial charge in [-0.25, -0.2) is 4.79 Å². The van der Waals surface area contributed by atoms with E-state index in [0.717, 1.165) is 34.1 Å². The number of ether oxygens (including phenoxy) is 2. The largest absolute Gasteiger partial charge is 0.489 e. The van der Waals surface area contributed by atoms with Crippen molar-refractivity contribution in [2.24, 2.45) is 0 Å². The van der Waals surface area contributed by atoms with Gasteiger partial charge < -0.3 is 14.0 Å². The molecule has 0 aliphatic rings. The van der Waals surface area contributed by atoms with E-state index in [9.17, 15) is 9.59 Å². The first-order chi connectivity index (χ1) is 15.2. The van der Waals surface area contributed by atoms with E-state index in [2.05, 4.69) is 0 Å². The molecule has 5 heteroatoms. The summed E-state index contributed by atoms with van der Waals surface area (Å²) in [6.07, 6.45) is 0.725. The molecule has 0 radical (unpaired) electrons. The smallest absolute Gasteiger partial charge is 0.355 e. The Hall–Kier alpha value is -3.86. The van der Waals surface area contributed by atoms with Crippen molar-refractivity contribution in [3.05, 3.63) is 101 Å². The molecule has 0 spiro atoms. The Morgan fingerprint density at radius 2 is 1.65 bits per heavy atom. The molecule has 0 fully saturated rings. The topological polar surface area (TPSA) is 57.5 Å². The lowest BCUT2D eigenvalue weighted by Crippen LogP contribution is -2.15. The van der Waals surface area contributed by atoms with Crippen LogP contribution in [0.5, 0.6) is 5.75 Å². The normalized spacial score (nSPS) is 10.7. The van der Waals surface area contributed by atoms with Gasteiger partial charge in [0.05, 0.1) is 18.7 Å². The number of benzene rings is 3. The number of aldehydes is 1. The first-order valence-electron chi connectivity index (χ1n) is 10.2. The molecule has 0 bridgehead atoms. The molecule has 156 valence electrons. The van der Waals surface area contributed by atoms with Gasteiger partial charge in [-0.3, -0.25) is 4.79 Å². The summed E-state index contributed by atoms with van der Waals surface area (Å²) in [7, 11) is 0. The Bertz CT molecular complexity index is 1210. The molecule has 4 aromatic rings. The van der Waals surface area contributed by atoms with E-state index in [1.54, 1.807) is 6.92 Å². The highest BCUT2D eigenvalue weighted by Crippen LogP contribution is 2.29. The maximum atomic E-state index is 12.8. The van der Waals surface area contributed by atoms with Gasteiger partial charge in [0.2, 0.25) is 0 Å². The first-order valence-corrected chi connectivity index (χ1v) is 10.2. The van der Waals surface area contributed by atoms with Crippen molar-refractivity contribution >= 4 is 23.2 Å². The minimum Gasteiger partial charge on any atom is -0.489 e. The van der Waals surface area contributed by atoms with Crippen LogP contribution in [-0.2, 0) is 17.9 Å². The van der Waals surface area contributed by atoms with Gasteiger partial charge in [0.1, 0.15) is 18.1 Å². The molecule has 3 aromatic carbocycles. The fourth-order valence-corrected chi connectivity index (χ4v) is 3.71. The monoisotopic (exact) mass is 413 g/mol. The summed E-state index contributed by atoms with van der Waals surface area (Å²) < 4.78 is 13.2. The van der Waals surface area contributed by atoms with Crippen LogP contribution in [-0.4, -0.2) is 23.4 Å². The number of nitrogens with zero attached hydrogens (tertiary/aromatic N) is 1. The van der Waals surface area contributed by atoms with Crippen molar-refractivity contribution in [1.82, 2.24) is 4.57 Å². The first kappa shape index (κ1) is 20.4. The number of carbonyl (C=O) groups excluding carboxylic acids is 2. The predicted octanol–water partition coefficient (Wildman–Crippen LogP) is 5.26. The van der Waals surface area contributed by atoms with Crippen molar-refractivity contribution < 1.29 is 19.1 Å². The second kappa shape index (κ2) is 9.30. The van der Waals surface area contributed by atoms with Crippen LogP contribution in [0.1, 0.15) is 38.9 Å². The third-order valence-corrected chi connectivity index (χ3v) is 5.13.